The van der Waals surface area contributed by atoms with Crippen LogP contribution in [-0.4, -0.2) is 27.1 Å². The second-order valence-corrected chi connectivity index (χ2v) is 9.04. The van der Waals surface area contributed by atoms with E-state index in [1.165, 1.54) is 24.3 Å². The highest BCUT2D eigenvalue weighted by atomic mass is 32.2. The van der Waals surface area contributed by atoms with Crippen molar-refractivity contribution in [2.45, 2.75) is 23.1 Å². The molecule has 0 amide bonds. The van der Waals surface area contributed by atoms with Crippen LogP contribution in [0.5, 0.6) is 0 Å². The molecular formula is C21H16FNO4S2. The Hall–Kier alpha value is -2.71. The first-order chi connectivity index (χ1) is 13.8. The molecule has 2 heterocycles. The number of halogens is 1. The number of aliphatic carboxylic acids is 1. The lowest BCUT2D eigenvalue weighted by atomic mass is 9.77. The summed E-state index contributed by atoms with van der Waals surface area (Å²) in [7, 11) is 0. The molecule has 0 saturated heterocycles. The van der Waals surface area contributed by atoms with Crippen LogP contribution in [0, 0.1) is 18.7 Å². The third kappa shape index (κ3) is 3.65. The van der Waals surface area contributed by atoms with Gasteiger partial charge < -0.3 is 10.1 Å². The molecule has 29 heavy (non-hydrogen) atoms. The average molecular weight is 429 g/mol. The summed E-state index contributed by atoms with van der Waals surface area (Å²) in [5.74, 6) is -3.53. The Bertz CT molecular complexity index is 1130. The number of rotatable bonds is 4. The van der Waals surface area contributed by atoms with Crippen LogP contribution in [0.3, 0.4) is 0 Å². The number of carboxylic acid groups (broad SMARTS) is 1. The number of thioether (sulfide) groups is 1. The largest absolute Gasteiger partial charge is 0.480 e. The van der Waals surface area contributed by atoms with Gasteiger partial charge in [-0.3, -0.25) is 14.4 Å². The predicted octanol–water partition coefficient (Wildman–Crippen LogP) is 4.07. The molecule has 2 aromatic carbocycles. The molecule has 2 N–H and O–H groups in total. The van der Waals surface area contributed by atoms with Gasteiger partial charge in [0, 0.05) is 16.4 Å². The molecule has 1 aromatic heterocycles. The van der Waals surface area contributed by atoms with E-state index in [4.69, 9.17) is 0 Å². The van der Waals surface area contributed by atoms with Crippen LogP contribution >= 0.6 is 23.1 Å². The zero-order valence-corrected chi connectivity index (χ0v) is 16.9. The van der Waals surface area contributed by atoms with Gasteiger partial charge in [-0.2, -0.15) is 0 Å². The van der Waals surface area contributed by atoms with Crippen LogP contribution in [0.25, 0.3) is 0 Å². The number of fused-ring (bicyclic) bond motifs is 1. The molecule has 0 aliphatic carbocycles. The van der Waals surface area contributed by atoms with Crippen molar-refractivity contribution >= 4 is 34.9 Å². The van der Waals surface area contributed by atoms with Gasteiger partial charge in [0.05, 0.1) is 10.9 Å². The SMILES string of the molecule is Cc1ccc([C@H]2c3sc(=O)[nH]c3S[C@@H](C(=O)O)[C@@H]2C(=O)c2ccc(F)cc2)cc1. The average Bonchev–Trinajstić information content (AvgIpc) is 3.07. The number of Topliss-reactive ketones (excluding diaryl/α,β-unsaturated/α-hetero) is 1. The van der Waals surface area contributed by atoms with Gasteiger partial charge in [0.15, 0.2) is 5.78 Å². The Morgan fingerprint density at radius 2 is 1.72 bits per heavy atom. The number of aryl methyl sites for hydroxylation is 1. The van der Waals surface area contributed by atoms with Crippen LogP contribution < -0.4 is 4.87 Å². The first-order valence-electron chi connectivity index (χ1n) is 8.84. The number of carbonyl (C=O) groups excluding carboxylic acids is 1. The van der Waals surface area contributed by atoms with E-state index in [1.54, 1.807) is 0 Å². The van der Waals surface area contributed by atoms with E-state index < -0.39 is 28.9 Å². The summed E-state index contributed by atoms with van der Waals surface area (Å²) in [5.41, 5.74) is 2.03. The minimum atomic E-state index is -1.13. The first-order valence-corrected chi connectivity index (χ1v) is 10.5. The van der Waals surface area contributed by atoms with Crippen molar-refractivity contribution in [1.82, 2.24) is 4.98 Å². The van der Waals surface area contributed by atoms with Crippen molar-refractivity contribution in [3.05, 3.63) is 85.6 Å². The smallest absolute Gasteiger partial charge is 0.317 e. The Kier molecular flexibility index (Phi) is 5.14. The minimum Gasteiger partial charge on any atom is -0.480 e. The maximum atomic E-state index is 13.4. The molecule has 4 rings (SSSR count). The monoisotopic (exact) mass is 429 g/mol. The van der Waals surface area contributed by atoms with E-state index in [0.29, 0.717) is 9.90 Å². The van der Waals surface area contributed by atoms with Crippen LogP contribution in [0.2, 0.25) is 0 Å². The molecule has 1 aliphatic heterocycles. The molecule has 0 fully saturated rings. The predicted molar refractivity (Wildman–Crippen MR) is 109 cm³/mol. The van der Waals surface area contributed by atoms with Gasteiger partial charge in [-0.25, -0.2) is 4.39 Å². The standard InChI is InChI=1S/C21H16FNO4S2/c1-10-2-4-11(5-3-10)14-15(16(24)12-6-8-13(22)9-7-12)18(20(25)26)28-19-17(14)29-21(27)23-19/h2-9,14-15,18H,1H3,(H,23,27)(H,25,26)/t14-,15+,18-/m1/s1. The number of carboxylic acids is 1. The van der Waals surface area contributed by atoms with Gasteiger partial charge >= 0.3 is 10.8 Å². The molecular weight excluding hydrogens is 413 g/mol. The number of ketones is 1. The van der Waals surface area contributed by atoms with Crippen molar-refractivity contribution < 1.29 is 19.1 Å². The molecule has 5 nitrogen and oxygen atoms in total. The van der Waals surface area contributed by atoms with E-state index in [0.717, 1.165) is 34.2 Å². The number of H-pyrrole nitrogens is 1. The van der Waals surface area contributed by atoms with Crippen molar-refractivity contribution in [3.8, 4) is 0 Å². The summed E-state index contributed by atoms with van der Waals surface area (Å²) in [5, 5.41) is 9.27. The van der Waals surface area contributed by atoms with Crippen molar-refractivity contribution in [2.24, 2.45) is 5.92 Å². The van der Waals surface area contributed by atoms with Crippen LogP contribution in [0.15, 0.2) is 58.4 Å². The first kappa shape index (κ1) is 19.6. The summed E-state index contributed by atoms with van der Waals surface area (Å²) in [6.07, 6.45) is 0. The fraction of sp³-hybridized carbons (Fsp3) is 0.190. The highest BCUT2D eigenvalue weighted by Crippen LogP contribution is 2.50. The van der Waals surface area contributed by atoms with Crippen molar-refractivity contribution in [1.29, 1.82) is 0 Å². The molecule has 0 radical (unpaired) electrons. The molecule has 0 bridgehead atoms. The lowest BCUT2D eigenvalue weighted by Crippen LogP contribution is -2.39. The summed E-state index contributed by atoms with van der Waals surface area (Å²) in [4.78, 5) is 40.6. The number of thiazole rings is 1. The molecule has 0 saturated carbocycles. The number of aromatic nitrogens is 1. The number of nitrogens with one attached hydrogen (secondary N) is 1. The highest BCUT2D eigenvalue weighted by Gasteiger charge is 2.47. The van der Waals surface area contributed by atoms with E-state index in [9.17, 15) is 23.9 Å². The fourth-order valence-electron chi connectivity index (χ4n) is 3.59. The van der Waals surface area contributed by atoms with E-state index in [2.05, 4.69) is 4.98 Å². The summed E-state index contributed by atoms with van der Waals surface area (Å²) in [6, 6.07) is 12.6. The lowest BCUT2D eigenvalue weighted by Gasteiger charge is -2.34. The lowest BCUT2D eigenvalue weighted by molar-refractivity contribution is -0.137. The molecule has 3 atom stereocenters. The van der Waals surface area contributed by atoms with Gasteiger partial charge in [-0.1, -0.05) is 52.9 Å². The Morgan fingerprint density at radius 1 is 1.07 bits per heavy atom. The fourth-order valence-corrected chi connectivity index (χ4v) is 6.01. The zero-order valence-electron chi connectivity index (χ0n) is 15.2. The Labute approximate surface area is 173 Å². The number of benzene rings is 2. The zero-order chi connectivity index (χ0) is 20.7. The third-order valence-electron chi connectivity index (χ3n) is 4.97. The van der Waals surface area contributed by atoms with Gasteiger partial charge in [0.2, 0.25) is 0 Å². The summed E-state index contributed by atoms with van der Waals surface area (Å²) in [6.45, 7) is 1.93. The highest BCUT2D eigenvalue weighted by molar-refractivity contribution is 8.00. The minimum absolute atomic E-state index is 0.242. The van der Waals surface area contributed by atoms with E-state index >= 15 is 0 Å². The molecule has 8 heteroatoms. The topological polar surface area (TPSA) is 87.2 Å². The van der Waals surface area contributed by atoms with Gasteiger partial charge in [-0.15, -0.1) is 0 Å². The number of hydrogen-bond donors (Lipinski definition) is 2. The van der Waals surface area contributed by atoms with Gasteiger partial charge in [-0.05, 0) is 36.8 Å². The second kappa shape index (κ2) is 7.61. The molecule has 3 aromatic rings. The Balaban J connectivity index is 1.90. The third-order valence-corrected chi connectivity index (χ3v) is 7.37. The number of hydrogen-bond acceptors (Lipinski definition) is 5. The molecule has 0 unspecified atom stereocenters. The number of aromatic amines is 1. The van der Waals surface area contributed by atoms with E-state index in [1.807, 2.05) is 31.2 Å². The van der Waals surface area contributed by atoms with Gasteiger partial charge in [0.25, 0.3) is 0 Å². The van der Waals surface area contributed by atoms with Crippen molar-refractivity contribution in [3.63, 3.8) is 0 Å². The Morgan fingerprint density at radius 3 is 2.34 bits per heavy atom. The normalized spacial score (nSPS) is 20.8. The molecule has 0 spiro atoms. The summed E-state index contributed by atoms with van der Waals surface area (Å²) < 4.78 is 13.3. The number of carbonyl (C=O) groups is 2. The molecule has 1 aliphatic rings. The van der Waals surface area contributed by atoms with Crippen LogP contribution in [-0.2, 0) is 4.79 Å². The van der Waals surface area contributed by atoms with Crippen LogP contribution in [0.1, 0.15) is 32.3 Å². The van der Waals surface area contributed by atoms with E-state index in [-0.39, 0.29) is 16.2 Å². The summed E-state index contributed by atoms with van der Waals surface area (Å²) >= 11 is 1.97. The quantitative estimate of drug-likeness (QED) is 0.611. The second-order valence-electron chi connectivity index (χ2n) is 6.87. The maximum Gasteiger partial charge on any atom is 0.317 e. The van der Waals surface area contributed by atoms with Gasteiger partial charge in [0.1, 0.15) is 11.1 Å². The van der Waals surface area contributed by atoms with Crippen molar-refractivity contribution in [2.75, 3.05) is 0 Å². The maximum absolute atomic E-state index is 13.4. The molecule has 148 valence electrons. The van der Waals surface area contributed by atoms with Crippen LogP contribution in [0.4, 0.5) is 4.39 Å².